The van der Waals surface area contributed by atoms with Crippen molar-refractivity contribution in [1.82, 2.24) is 4.31 Å². The minimum Gasteiger partial charge on any atom is -0.326 e. The van der Waals surface area contributed by atoms with Gasteiger partial charge in [-0.05, 0) is 17.7 Å². The lowest BCUT2D eigenvalue weighted by Crippen LogP contribution is -2.26. The van der Waals surface area contributed by atoms with Crippen LogP contribution in [0.15, 0.2) is 29.2 Å². The molecule has 0 spiro atoms. The molecule has 15 heavy (non-hydrogen) atoms. The highest BCUT2D eigenvalue weighted by atomic mass is 32.2. The summed E-state index contributed by atoms with van der Waals surface area (Å²) in [4.78, 5) is 0.309. The van der Waals surface area contributed by atoms with Gasteiger partial charge in [0.1, 0.15) is 0 Å². The molecule has 0 aliphatic heterocycles. The Balaban J connectivity index is 3.06. The zero-order chi connectivity index (χ0) is 11.5. The van der Waals surface area contributed by atoms with Crippen molar-refractivity contribution < 1.29 is 8.42 Å². The standard InChI is InChI=1S/C10H16N2O2S/c1-3-12(2)15(13,14)10-6-4-9(8-11)5-7-10/h4-7H,3,8,11H2,1-2H3. The van der Waals surface area contributed by atoms with Crippen LogP contribution in [0.25, 0.3) is 0 Å². The molecule has 0 aliphatic rings. The molecular weight excluding hydrogens is 212 g/mol. The van der Waals surface area contributed by atoms with Crippen LogP contribution in [0.2, 0.25) is 0 Å². The molecule has 0 radical (unpaired) electrons. The van der Waals surface area contributed by atoms with Crippen LogP contribution in [-0.2, 0) is 16.6 Å². The van der Waals surface area contributed by atoms with Gasteiger partial charge in [0.15, 0.2) is 0 Å². The quantitative estimate of drug-likeness (QED) is 0.828. The first-order valence-corrected chi connectivity index (χ1v) is 6.21. The lowest BCUT2D eigenvalue weighted by molar-refractivity contribution is 0.486. The number of hydrogen-bond acceptors (Lipinski definition) is 3. The second-order valence-corrected chi connectivity index (χ2v) is 5.31. The van der Waals surface area contributed by atoms with Gasteiger partial charge in [0.2, 0.25) is 10.0 Å². The van der Waals surface area contributed by atoms with Gasteiger partial charge in [0, 0.05) is 20.1 Å². The predicted octanol–water partition coefficient (Wildman–Crippen LogP) is 0.786. The second-order valence-electron chi connectivity index (χ2n) is 3.27. The van der Waals surface area contributed by atoms with E-state index in [0.29, 0.717) is 18.0 Å². The molecule has 1 aromatic carbocycles. The molecule has 84 valence electrons. The van der Waals surface area contributed by atoms with Gasteiger partial charge in [0.25, 0.3) is 0 Å². The molecule has 0 unspecified atom stereocenters. The number of nitrogens with zero attached hydrogens (tertiary/aromatic N) is 1. The summed E-state index contributed by atoms with van der Waals surface area (Å²) in [6.45, 7) is 2.68. The molecule has 4 nitrogen and oxygen atoms in total. The molecule has 1 rings (SSSR count). The first-order chi connectivity index (χ1) is 7.02. The zero-order valence-corrected chi connectivity index (χ0v) is 9.79. The molecule has 1 aromatic rings. The fourth-order valence-corrected chi connectivity index (χ4v) is 2.33. The van der Waals surface area contributed by atoms with Crippen molar-refractivity contribution in [3.05, 3.63) is 29.8 Å². The molecule has 0 saturated carbocycles. The van der Waals surface area contributed by atoms with Gasteiger partial charge in [-0.25, -0.2) is 12.7 Å². The van der Waals surface area contributed by atoms with Gasteiger partial charge in [-0.2, -0.15) is 0 Å². The Labute approximate surface area is 90.8 Å². The molecule has 0 aromatic heterocycles. The fraction of sp³-hybridized carbons (Fsp3) is 0.400. The second kappa shape index (κ2) is 4.74. The molecule has 0 fully saturated rings. The first kappa shape index (κ1) is 12.2. The topological polar surface area (TPSA) is 63.4 Å². The van der Waals surface area contributed by atoms with E-state index >= 15 is 0 Å². The highest BCUT2D eigenvalue weighted by molar-refractivity contribution is 7.89. The number of sulfonamides is 1. The molecule has 5 heteroatoms. The van der Waals surface area contributed by atoms with E-state index in [1.54, 1.807) is 38.2 Å². The van der Waals surface area contributed by atoms with Crippen LogP contribution in [0.1, 0.15) is 12.5 Å². The summed E-state index contributed by atoms with van der Waals surface area (Å²) in [5, 5.41) is 0. The highest BCUT2D eigenvalue weighted by Crippen LogP contribution is 2.14. The van der Waals surface area contributed by atoms with E-state index in [-0.39, 0.29) is 0 Å². The maximum absolute atomic E-state index is 11.9. The SMILES string of the molecule is CCN(C)S(=O)(=O)c1ccc(CN)cc1. The van der Waals surface area contributed by atoms with Crippen LogP contribution >= 0.6 is 0 Å². The molecule has 0 bridgehead atoms. The van der Waals surface area contributed by atoms with Crippen molar-refractivity contribution in [2.75, 3.05) is 13.6 Å². The summed E-state index contributed by atoms with van der Waals surface area (Å²) < 4.78 is 25.0. The maximum atomic E-state index is 11.9. The normalized spacial score (nSPS) is 12.0. The summed E-state index contributed by atoms with van der Waals surface area (Å²) in [7, 11) is -1.76. The Morgan fingerprint density at radius 2 is 1.80 bits per heavy atom. The fourth-order valence-electron chi connectivity index (χ4n) is 1.15. The monoisotopic (exact) mass is 228 g/mol. The van der Waals surface area contributed by atoms with E-state index in [1.807, 2.05) is 0 Å². The summed E-state index contributed by atoms with van der Waals surface area (Å²) in [6.07, 6.45) is 0. The van der Waals surface area contributed by atoms with Crippen molar-refractivity contribution in [1.29, 1.82) is 0 Å². The molecule has 0 heterocycles. The lowest BCUT2D eigenvalue weighted by atomic mass is 10.2. The Kier molecular flexibility index (Phi) is 3.84. The third-order valence-electron chi connectivity index (χ3n) is 2.31. The molecule has 0 atom stereocenters. The smallest absolute Gasteiger partial charge is 0.242 e. The van der Waals surface area contributed by atoms with Gasteiger partial charge in [0.05, 0.1) is 4.90 Å². The van der Waals surface area contributed by atoms with Crippen molar-refractivity contribution in [2.24, 2.45) is 5.73 Å². The number of rotatable bonds is 4. The largest absolute Gasteiger partial charge is 0.326 e. The Morgan fingerprint density at radius 1 is 1.27 bits per heavy atom. The van der Waals surface area contributed by atoms with Crippen LogP contribution in [-0.4, -0.2) is 26.3 Å². The van der Waals surface area contributed by atoms with Gasteiger partial charge < -0.3 is 5.73 Å². The molecular formula is C10H16N2O2S. The maximum Gasteiger partial charge on any atom is 0.242 e. The van der Waals surface area contributed by atoms with Gasteiger partial charge >= 0.3 is 0 Å². The van der Waals surface area contributed by atoms with Crippen molar-refractivity contribution in [2.45, 2.75) is 18.4 Å². The highest BCUT2D eigenvalue weighted by Gasteiger charge is 2.18. The summed E-state index contributed by atoms with van der Waals surface area (Å²) in [6, 6.07) is 6.64. The molecule has 0 saturated heterocycles. The van der Waals surface area contributed by atoms with Crippen molar-refractivity contribution in [3.8, 4) is 0 Å². The number of benzene rings is 1. The van der Waals surface area contributed by atoms with E-state index in [2.05, 4.69) is 0 Å². The van der Waals surface area contributed by atoms with E-state index in [4.69, 9.17) is 5.73 Å². The lowest BCUT2D eigenvalue weighted by Gasteiger charge is -2.14. The Bertz CT molecular complexity index is 412. The van der Waals surface area contributed by atoms with Gasteiger partial charge in [-0.3, -0.25) is 0 Å². The minimum atomic E-state index is -3.32. The van der Waals surface area contributed by atoms with E-state index < -0.39 is 10.0 Å². The van der Waals surface area contributed by atoms with E-state index in [0.717, 1.165) is 5.56 Å². The molecule has 0 aliphatic carbocycles. The van der Waals surface area contributed by atoms with Gasteiger partial charge in [-0.15, -0.1) is 0 Å². The third-order valence-corrected chi connectivity index (χ3v) is 4.26. The Morgan fingerprint density at radius 3 is 2.20 bits per heavy atom. The third kappa shape index (κ3) is 2.56. The van der Waals surface area contributed by atoms with Crippen LogP contribution < -0.4 is 5.73 Å². The van der Waals surface area contributed by atoms with E-state index in [1.165, 1.54) is 4.31 Å². The predicted molar refractivity (Wildman–Crippen MR) is 59.8 cm³/mol. The van der Waals surface area contributed by atoms with Crippen molar-refractivity contribution >= 4 is 10.0 Å². The van der Waals surface area contributed by atoms with E-state index in [9.17, 15) is 8.42 Å². The van der Waals surface area contributed by atoms with Crippen molar-refractivity contribution in [3.63, 3.8) is 0 Å². The minimum absolute atomic E-state index is 0.309. The Hall–Kier alpha value is -0.910. The van der Waals surface area contributed by atoms with Crippen LogP contribution in [0.5, 0.6) is 0 Å². The average Bonchev–Trinajstić information content (AvgIpc) is 2.28. The summed E-state index contributed by atoms with van der Waals surface area (Å²) >= 11 is 0. The van der Waals surface area contributed by atoms with Crippen LogP contribution in [0.4, 0.5) is 0 Å². The molecule has 0 amide bonds. The summed E-state index contributed by atoms with van der Waals surface area (Å²) in [5.41, 5.74) is 6.36. The van der Waals surface area contributed by atoms with Crippen LogP contribution in [0, 0.1) is 0 Å². The summed E-state index contributed by atoms with van der Waals surface area (Å²) in [5.74, 6) is 0. The van der Waals surface area contributed by atoms with Gasteiger partial charge in [-0.1, -0.05) is 19.1 Å². The first-order valence-electron chi connectivity index (χ1n) is 4.77. The molecule has 2 N–H and O–H groups in total. The number of hydrogen-bond donors (Lipinski definition) is 1. The zero-order valence-electron chi connectivity index (χ0n) is 8.97. The number of nitrogens with two attached hydrogens (primary N) is 1. The van der Waals surface area contributed by atoms with Crippen LogP contribution in [0.3, 0.4) is 0 Å². The average molecular weight is 228 g/mol.